The summed E-state index contributed by atoms with van der Waals surface area (Å²) in [7, 11) is 0. The summed E-state index contributed by atoms with van der Waals surface area (Å²) in [5.74, 6) is 0.320. The molecule has 1 aliphatic rings. The molecule has 2 aromatic carbocycles. The van der Waals surface area contributed by atoms with Gasteiger partial charge in [0.25, 0.3) is 0 Å². The summed E-state index contributed by atoms with van der Waals surface area (Å²) < 4.78 is 1.26. The molecule has 0 aliphatic carbocycles. The minimum Gasteiger partial charge on any atom is -0.356 e. The number of carbonyl (C=O) groups is 1. The van der Waals surface area contributed by atoms with Gasteiger partial charge in [0.2, 0.25) is 5.91 Å². The van der Waals surface area contributed by atoms with E-state index in [1.165, 1.54) is 15.8 Å². The van der Waals surface area contributed by atoms with Crippen LogP contribution < -0.4 is 10.2 Å². The Bertz CT molecular complexity index is 929. The lowest BCUT2D eigenvalue weighted by molar-refractivity contribution is -0.125. The molecule has 0 spiro atoms. The van der Waals surface area contributed by atoms with Crippen LogP contribution in [0, 0.1) is 5.92 Å². The van der Waals surface area contributed by atoms with E-state index in [1.807, 2.05) is 18.2 Å². The number of aryl methyl sites for hydroxylation is 1. The molecule has 5 heteroatoms. The van der Waals surface area contributed by atoms with Gasteiger partial charge in [-0.25, -0.2) is 4.98 Å². The summed E-state index contributed by atoms with van der Waals surface area (Å²) in [5.41, 5.74) is 3.70. The number of rotatable bonds is 6. The first-order valence-corrected chi connectivity index (χ1v) is 11.0. The minimum absolute atomic E-state index is 0.119. The van der Waals surface area contributed by atoms with Crippen molar-refractivity contribution in [2.45, 2.75) is 32.6 Å². The van der Waals surface area contributed by atoms with Gasteiger partial charge < -0.3 is 10.2 Å². The average molecular weight is 394 g/mol. The van der Waals surface area contributed by atoms with Gasteiger partial charge in [0.05, 0.1) is 10.2 Å². The van der Waals surface area contributed by atoms with Crippen molar-refractivity contribution in [3.63, 3.8) is 0 Å². The summed E-state index contributed by atoms with van der Waals surface area (Å²) in [6, 6.07) is 16.8. The van der Waals surface area contributed by atoms with Gasteiger partial charge >= 0.3 is 0 Å². The van der Waals surface area contributed by atoms with Crippen LogP contribution in [-0.4, -0.2) is 30.5 Å². The molecule has 1 N–H and O–H groups in total. The molecule has 1 fully saturated rings. The fraction of sp³-hybridized carbons (Fsp3) is 0.391. The standard InChI is InChI=1S/C23H27N3OS/c1-2-17-8-9-20-21(16-17)28-23(25-20)26-14-11-19(12-15-26)22(27)24-13-10-18-6-4-3-5-7-18/h3-9,16,19H,2,10-15H2,1H3,(H,24,27). The minimum atomic E-state index is 0.119. The Morgan fingerprint density at radius 1 is 1.14 bits per heavy atom. The highest BCUT2D eigenvalue weighted by Crippen LogP contribution is 2.32. The third-order valence-electron chi connectivity index (χ3n) is 5.54. The van der Waals surface area contributed by atoms with Crippen molar-refractivity contribution in [2.75, 3.05) is 24.5 Å². The molecule has 4 nitrogen and oxygen atoms in total. The molecule has 0 atom stereocenters. The molecule has 4 rings (SSSR count). The number of amides is 1. The maximum Gasteiger partial charge on any atom is 0.223 e. The number of carbonyl (C=O) groups excluding carboxylic acids is 1. The van der Waals surface area contributed by atoms with E-state index in [-0.39, 0.29) is 11.8 Å². The zero-order chi connectivity index (χ0) is 19.3. The number of nitrogens with one attached hydrogen (secondary N) is 1. The van der Waals surface area contributed by atoms with Gasteiger partial charge in [-0.2, -0.15) is 0 Å². The molecule has 146 valence electrons. The van der Waals surface area contributed by atoms with E-state index in [1.54, 1.807) is 11.3 Å². The molecule has 1 aliphatic heterocycles. The molecule has 0 radical (unpaired) electrons. The highest BCUT2D eigenvalue weighted by molar-refractivity contribution is 7.22. The van der Waals surface area contributed by atoms with E-state index in [2.05, 4.69) is 47.5 Å². The molecular formula is C23H27N3OS. The second-order valence-corrected chi connectivity index (χ2v) is 8.45. The van der Waals surface area contributed by atoms with Crippen molar-refractivity contribution in [2.24, 2.45) is 5.92 Å². The van der Waals surface area contributed by atoms with Crippen LogP contribution in [0.5, 0.6) is 0 Å². The Balaban J connectivity index is 1.28. The normalized spacial score (nSPS) is 15.1. The number of aromatic nitrogens is 1. The predicted octanol–water partition coefficient (Wildman–Crippen LogP) is 4.43. The highest BCUT2D eigenvalue weighted by Gasteiger charge is 2.26. The Morgan fingerprint density at radius 2 is 1.93 bits per heavy atom. The number of fused-ring (bicyclic) bond motifs is 1. The Labute approximate surface area is 170 Å². The van der Waals surface area contributed by atoms with Gasteiger partial charge in [-0.05, 0) is 48.9 Å². The van der Waals surface area contributed by atoms with Gasteiger partial charge in [0.15, 0.2) is 5.13 Å². The van der Waals surface area contributed by atoms with E-state index in [4.69, 9.17) is 4.98 Å². The fourth-order valence-electron chi connectivity index (χ4n) is 3.76. The highest BCUT2D eigenvalue weighted by atomic mass is 32.1. The number of piperidine rings is 1. The number of nitrogens with zero attached hydrogens (tertiary/aromatic N) is 2. The van der Waals surface area contributed by atoms with E-state index >= 15 is 0 Å². The number of benzene rings is 2. The molecule has 2 heterocycles. The van der Waals surface area contributed by atoms with Crippen LogP contribution in [0.2, 0.25) is 0 Å². The molecule has 0 bridgehead atoms. The molecule has 0 saturated carbocycles. The van der Waals surface area contributed by atoms with Crippen LogP contribution in [0.1, 0.15) is 30.9 Å². The van der Waals surface area contributed by atoms with Crippen molar-refractivity contribution in [3.05, 3.63) is 59.7 Å². The maximum atomic E-state index is 12.5. The monoisotopic (exact) mass is 393 g/mol. The lowest BCUT2D eigenvalue weighted by Crippen LogP contribution is -2.41. The van der Waals surface area contributed by atoms with Crippen LogP contribution in [0.3, 0.4) is 0 Å². The van der Waals surface area contributed by atoms with Crippen LogP contribution in [0.4, 0.5) is 5.13 Å². The lowest BCUT2D eigenvalue weighted by Gasteiger charge is -2.31. The molecule has 1 amide bonds. The zero-order valence-electron chi connectivity index (χ0n) is 16.4. The van der Waals surface area contributed by atoms with Crippen molar-refractivity contribution in [1.29, 1.82) is 0 Å². The van der Waals surface area contributed by atoms with E-state index in [0.717, 1.165) is 49.4 Å². The molecule has 1 saturated heterocycles. The van der Waals surface area contributed by atoms with Gasteiger partial charge in [-0.1, -0.05) is 54.7 Å². The predicted molar refractivity (Wildman–Crippen MR) is 117 cm³/mol. The summed E-state index contributed by atoms with van der Waals surface area (Å²) in [6.45, 7) is 4.69. The summed E-state index contributed by atoms with van der Waals surface area (Å²) in [6.07, 6.45) is 3.73. The summed E-state index contributed by atoms with van der Waals surface area (Å²) in [5, 5.41) is 4.21. The first-order chi connectivity index (χ1) is 13.7. The number of anilines is 1. The van der Waals surface area contributed by atoms with Crippen LogP contribution >= 0.6 is 11.3 Å². The third kappa shape index (κ3) is 4.36. The molecule has 28 heavy (non-hydrogen) atoms. The molecular weight excluding hydrogens is 366 g/mol. The molecule has 3 aromatic rings. The average Bonchev–Trinajstić information content (AvgIpc) is 3.18. The molecule has 1 aromatic heterocycles. The molecule has 0 unspecified atom stereocenters. The zero-order valence-corrected chi connectivity index (χ0v) is 17.2. The smallest absolute Gasteiger partial charge is 0.223 e. The topological polar surface area (TPSA) is 45.2 Å². The first-order valence-electron chi connectivity index (χ1n) is 10.2. The van der Waals surface area contributed by atoms with Gasteiger partial charge in [-0.3, -0.25) is 4.79 Å². The Morgan fingerprint density at radius 3 is 2.68 bits per heavy atom. The number of thiazole rings is 1. The SMILES string of the molecule is CCc1ccc2nc(N3CCC(C(=O)NCCc4ccccc4)CC3)sc2c1. The number of hydrogen-bond acceptors (Lipinski definition) is 4. The summed E-state index contributed by atoms with van der Waals surface area (Å²) in [4.78, 5) is 19.6. The maximum absolute atomic E-state index is 12.5. The first kappa shape index (κ1) is 18.9. The third-order valence-corrected chi connectivity index (χ3v) is 6.62. The van der Waals surface area contributed by atoms with Gasteiger partial charge in [-0.15, -0.1) is 0 Å². The number of hydrogen-bond donors (Lipinski definition) is 1. The van der Waals surface area contributed by atoms with E-state index < -0.39 is 0 Å². The van der Waals surface area contributed by atoms with Gasteiger partial charge in [0, 0.05) is 25.6 Å². The second kappa shape index (κ2) is 8.74. The Hall–Kier alpha value is -2.40. The van der Waals surface area contributed by atoms with Crippen LogP contribution in [0.15, 0.2) is 48.5 Å². The van der Waals surface area contributed by atoms with E-state index in [9.17, 15) is 4.79 Å². The van der Waals surface area contributed by atoms with Crippen LogP contribution in [-0.2, 0) is 17.6 Å². The largest absolute Gasteiger partial charge is 0.356 e. The fourth-order valence-corrected chi connectivity index (χ4v) is 4.84. The lowest BCUT2D eigenvalue weighted by atomic mass is 9.96. The quantitative estimate of drug-likeness (QED) is 0.674. The van der Waals surface area contributed by atoms with Crippen molar-refractivity contribution >= 4 is 32.6 Å². The Kier molecular flexibility index (Phi) is 5.91. The second-order valence-electron chi connectivity index (χ2n) is 7.44. The van der Waals surface area contributed by atoms with Gasteiger partial charge in [0.1, 0.15) is 0 Å². The van der Waals surface area contributed by atoms with Crippen molar-refractivity contribution in [3.8, 4) is 0 Å². The van der Waals surface area contributed by atoms with E-state index in [0.29, 0.717) is 6.54 Å². The van der Waals surface area contributed by atoms with Crippen molar-refractivity contribution in [1.82, 2.24) is 10.3 Å². The van der Waals surface area contributed by atoms with Crippen molar-refractivity contribution < 1.29 is 4.79 Å². The summed E-state index contributed by atoms with van der Waals surface area (Å²) >= 11 is 1.77. The van der Waals surface area contributed by atoms with Crippen LogP contribution in [0.25, 0.3) is 10.2 Å².